The zero-order valence-electron chi connectivity index (χ0n) is 11.2. The third-order valence-corrected chi connectivity index (χ3v) is 4.54. The van der Waals surface area contributed by atoms with Gasteiger partial charge in [0.05, 0.1) is 4.88 Å². The highest BCUT2D eigenvalue weighted by molar-refractivity contribution is 7.13. The fourth-order valence-corrected chi connectivity index (χ4v) is 3.28. The normalized spacial score (nSPS) is 14.2. The Morgan fingerprint density at radius 3 is 3.00 bits per heavy atom. The molecule has 3 aromatic rings. The van der Waals surface area contributed by atoms with Crippen molar-refractivity contribution >= 4 is 17.1 Å². The molecule has 1 aromatic carbocycles. The Morgan fingerprint density at radius 2 is 2.14 bits per heavy atom. The number of aromatic nitrogens is 2. The third-order valence-electron chi connectivity index (χ3n) is 3.67. The van der Waals surface area contributed by atoms with Gasteiger partial charge in [0.2, 0.25) is 5.82 Å². The van der Waals surface area contributed by atoms with E-state index in [9.17, 15) is 4.79 Å². The Kier molecular flexibility index (Phi) is 2.93. The maximum atomic E-state index is 11.8. The minimum Gasteiger partial charge on any atom is -0.334 e. The number of aryl methyl sites for hydroxylation is 1. The first-order valence-electron chi connectivity index (χ1n) is 6.85. The number of hydrogen-bond donors (Lipinski definition) is 0. The van der Waals surface area contributed by atoms with Crippen LogP contribution in [0.3, 0.4) is 0 Å². The number of hydrogen-bond acceptors (Lipinski definition) is 5. The van der Waals surface area contributed by atoms with Crippen LogP contribution in [0.1, 0.15) is 28.8 Å². The molecule has 0 spiro atoms. The zero-order chi connectivity index (χ0) is 14.2. The molecule has 4 nitrogen and oxygen atoms in total. The summed E-state index contributed by atoms with van der Waals surface area (Å²) in [6.45, 7) is 0. The summed E-state index contributed by atoms with van der Waals surface area (Å²) < 4.78 is 5.35. The average molecular weight is 296 g/mol. The Labute approximate surface area is 125 Å². The Bertz CT molecular complexity index is 806. The zero-order valence-corrected chi connectivity index (χ0v) is 12.0. The highest BCUT2D eigenvalue weighted by Gasteiger charge is 2.19. The summed E-state index contributed by atoms with van der Waals surface area (Å²) in [6.07, 6.45) is 2.50. The van der Waals surface area contributed by atoms with Crippen molar-refractivity contribution < 1.29 is 9.32 Å². The van der Waals surface area contributed by atoms with Crippen LogP contribution in [0.25, 0.3) is 22.2 Å². The van der Waals surface area contributed by atoms with Gasteiger partial charge in [0.25, 0.3) is 5.89 Å². The van der Waals surface area contributed by atoms with Crippen molar-refractivity contribution in [2.75, 3.05) is 0 Å². The molecule has 0 amide bonds. The monoisotopic (exact) mass is 296 g/mol. The van der Waals surface area contributed by atoms with E-state index in [1.807, 2.05) is 35.7 Å². The van der Waals surface area contributed by atoms with Crippen LogP contribution in [0.5, 0.6) is 0 Å². The van der Waals surface area contributed by atoms with Crippen LogP contribution in [0.2, 0.25) is 0 Å². The number of carbonyl (C=O) groups excluding carboxylic acids is 1. The second-order valence-corrected chi connectivity index (χ2v) is 6.00. The highest BCUT2D eigenvalue weighted by Crippen LogP contribution is 2.29. The largest absolute Gasteiger partial charge is 0.334 e. The van der Waals surface area contributed by atoms with Gasteiger partial charge in [0.1, 0.15) is 0 Å². The molecule has 21 heavy (non-hydrogen) atoms. The summed E-state index contributed by atoms with van der Waals surface area (Å²) >= 11 is 1.58. The molecule has 0 saturated heterocycles. The number of nitrogens with zero attached hydrogens (tertiary/aromatic N) is 2. The molecule has 5 heteroatoms. The van der Waals surface area contributed by atoms with E-state index in [2.05, 4.69) is 10.1 Å². The molecule has 4 rings (SSSR count). The van der Waals surface area contributed by atoms with Crippen LogP contribution in [0, 0.1) is 0 Å². The summed E-state index contributed by atoms with van der Waals surface area (Å²) in [5.41, 5.74) is 2.79. The summed E-state index contributed by atoms with van der Waals surface area (Å²) in [5, 5.41) is 6.00. The molecule has 0 radical (unpaired) electrons. The van der Waals surface area contributed by atoms with Crippen molar-refractivity contribution in [1.29, 1.82) is 0 Å². The van der Waals surface area contributed by atoms with Gasteiger partial charge in [-0.1, -0.05) is 17.3 Å². The molecule has 0 saturated carbocycles. The van der Waals surface area contributed by atoms with Gasteiger partial charge in [-0.15, -0.1) is 11.3 Å². The molecule has 0 N–H and O–H groups in total. The average Bonchev–Trinajstić information content (AvgIpc) is 3.18. The second-order valence-electron chi connectivity index (χ2n) is 5.05. The van der Waals surface area contributed by atoms with Crippen LogP contribution in [0.15, 0.2) is 40.2 Å². The lowest BCUT2D eigenvalue weighted by molar-refractivity contribution is 0.0972. The molecule has 1 aliphatic carbocycles. The highest BCUT2D eigenvalue weighted by atomic mass is 32.1. The number of fused-ring (bicyclic) bond motifs is 1. The molecule has 0 aliphatic heterocycles. The lowest BCUT2D eigenvalue weighted by atomic mass is 9.89. The van der Waals surface area contributed by atoms with Gasteiger partial charge in [-0.3, -0.25) is 4.79 Å². The van der Waals surface area contributed by atoms with Crippen LogP contribution in [0.4, 0.5) is 0 Å². The van der Waals surface area contributed by atoms with Gasteiger partial charge in [0, 0.05) is 17.5 Å². The van der Waals surface area contributed by atoms with Crippen molar-refractivity contribution in [3.63, 3.8) is 0 Å². The summed E-state index contributed by atoms with van der Waals surface area (Å²) in [6, 6.07) is 9.68. The van der Waals surface area contributed by atoms with Gasteiger partial charge in [-0.2, -0.15) is 4.98 Å². The van der Waals surface area contributed by atoms with Crippen LogP contribution >= 0.6 is 11.3 Å². The number of rotatable bonds is 2. The predicted octanol–water partition coefficient (Wildman–Crippen LogP) is 3.98. The first-order valence-corrected chi connectivity index (χ1v) is 7.73. The number of thiophene rings is 1. The van der Waals surface area contributed by atoms with Crippen molar-refractivity contribution in [3.05, 3.63) is 46.8 Å². The molecular weight excluding hydrogens is 284 g/mol. The van der Waals surface area contributed by atoms with Crippen molar-refractivity contribution in [2.45, 2.75) is 19.3 Å². The minimum absolute atomic E-state index is 0.229. The first-order chi connectivity index (χ1) is 10.3. The van der Waals surface area contributed by atoms with E-state index < -0.39 is 0 Å². The number of ketones is 1. The van der Waals surface area contributed by atoms with E-state index in [-0.39, 0.29) is 5.78 Å². The van der Waals surface area contributed by atoms with Gasteiger partial charge in [0.15, 0.2) is 5.78 Å². The molecule has 0 atom stereocenters. The van der Waals surface area contributed by atoms with E-state index in [0.717, 1.165) is 34.4 Å². The quantitative estimate of drug-likeness (QED) is 0.717. The van der Waals surface area contributed by atoms with Crippen molar-refractivity contribution in [1.82, 2.24) is 10.1 Å². The predicted molar refractivity (Wildman–Crippen MR) is 80.3 cm³/mol. The van der Waals surface area contributed by atoms with Gasteiger partial charge in [-0.25, -0.2) is 0 Å². The Morgan fingerprint density at radius 1 is 1.19 bits per heavy atom. The van der Waals surface area contributed by atoms with Crippen LogP contribution < -0.4 is 0 Å². The minimum atomic E-state index is 0.229. The lowest BCUT2D eigenvalue weighted by Gasteiger charge is -2.14. The molecule has 0 fully saturated rings. The van der Waals surface area contributed by atoms with E-state index in [1.165, 1.54) is 0 Å². The number of benzene rings is 1. The fraction of sp³-hybridized carbons (Fsp3) is 0.188. The fourth-order valence-electron chi connectivity index (χ4n) is 2.63. The third kappa shape index (κ3) is 2.19. The first kappa shape index (κ1) is 12.5. The standard InChI is InChI=1S/C16H12N2O2S/c19-13-4-1-3-10-9-11(6-7-12(10)13)16-17-15(18-20-16)14-5-2-8-21-14/h2,5-9H,1,3-4H2. The van der Waals surface area contributed by atoms with E-state index in [1.54, 1.807) is 11.3 Å². The molecule has 2 aromatic heterocycles. The SMILES string of the molecule is O=C1CCCc2cc(-c3nc(-c4cccs4)no3)ccc21. The van der Waals surface area contributed by atoms with E-state index in [0.29, 0.717) is 18.1 Å². The smallest absolute Gasteiger partial charge is 0.258 e. The Hall–Kier alpha value is -2.27. The molecule has 104 valence electrons. The van der Waals surface area contributed by atoms with Crippen molar-refractivity contribution in [2.24, 2.45) is 0 Å². The summed E-state index contributed by atoms with van der Waals surface area (Å²) in [4.78, 5) is 17.3. The van der Waals surface area contributed by atoms with E-state index >= 15 is 0 Å². The molecule has 2 heterocycles. The van der Waals surface area contributed by atoms with Gasteiger partial charge < -0.3 is 4.52 Å². The molecule has 0 unspecified atom stereocenters. The van der Waals surface area contributed by atoms with Crippen LogP contribution in [-0.4, -0.2) is 15.9 Å². The molecule has 1 aliphatic rings. The maximum Gasteiger partial charge on any atom is 0.258 e. The summed E-state index contributed by atoms with van der Waals surface area (Å²) in [5.74, 6) is 1.33. The maximum absolute atomic E-state index is 11.8. The summed E-state index contributed by atoms with van der Waals surface area (Å²) in [7, 11) is 0. The second kappa shape index (κ2) is 4.93. The Balaban J connectivity index is 1.72. The van der Waals surface area contributed by atoms with Gasteiger partial charge in [-0.05, 0) is 42.0 Å². The number of Topliss-reactive ketones (excluding diaryl/α,β-unsaturated/α-hetero) is 1. The van der Waals surface area contributed by atoms with E-state index in [4.69, 9.17) is 4.52 Å². The molecular formula is C16H12N2O2S. The van der Waals surface area contributed by atoms with Gasteiger partial charge >= 0.3 is 0 Å². The van der Waals surface area contributed by atoms with Crippen molar-refractivity contribution in [3.8, 4) is 22.2 Å². The molecule has 0 bridgehead atoms. The number of carbonyl (C=O) groups is 1. The topological polar surface area (TPSA) is 56.0 Å². The lowest BCUT2D eigenvalue weighted by Crippen LogP contribution is -2.10. The van der Waals surface area contributed by atoms with Crippen LogP contribution in [-0.2, 0) is 6.42 Å².